The Labute approximate surface area is 217 Å². The SMILES string of the molecule is CCOc1ccc(OCC)c(COc2cc(-n3cnc4cnc(COS(C)(=O)=O)cc43)sc2C(N)=O)c1. The number of hydrogen-bond donors (Lipinski definition) is 1. The van der Waals surface area contributed by atoms with Crippen molar-refractivity contribution in [3.8, 4) is 22.2 Å². The molecule has 13 heteroatoms. The molecule has 0 atom stereocenters. The van der Waals surface area contributed by atoms with Crippen LogP contribution in [0.1, 0.15) is 34.8 Å². The normalized spacial score (nSPS) is 11.5. The fourth-order valence-corrected chi connectivity index (χ4v) is 4.79. The van der Waals surface area contributed by atoms with Gasteiger partial charge in [-0.15, -0.1) is 11.3 Å². The predicted molar refractivity (Wildman–Crippen MR) is 138 cm³/mol. The predicted octanol–water partition coefficient (Wildman–Crippen LogP) is 3.43. The van der Waals surface area contributed by atoms with E-state index in [1.54, 1.807) is 23.0 Å². The number of carbonyl (C=O) groups excluding carboxylic acids is 1. The molecule has 3 heterocycles. The lowest BCUT2D eigenvalue weighted by Crippen LogP contribution is -2.11. The maximum atomic E-state index is 12.2. The molecule has 0 aliphatic rings. The number of aromatic nitrogens is 3. The minimum Gasteiger partial charge on any atom is -0.494 e. The second-order valence-corrected chi connectivity index (χ2v) is 10.5. The number of nitrogens with zero attached hydrogens (tertiary/aromatic N) is 3. The van der Waals surface area contributed by atoms with Crippen LogP contribution in [0.25, 0.3) is 16.0 Å². The molecule has 1 amide bonds. The third kappa shape index (κ3) is 6.37. The first-order valence-electron chi connectivity index (χ1n) is 11.3. The van der Waals surface area contributed by atoms with Crippen molar-refractivity contribution < 1.29 is 31.6 Å². The fourth-order valence-electron chi connectivity index (χ4n) is 3.51. The third-order valence-corrected chi connectivity index (χ3v) is 6.76. The summed E-state index contributed by atoms with van der Waals surface area (Å²) in [6.07, 6.45) is 4.07. The quantitative estimate of drug-likeness (QED) is 0.264. The molecule has 0 radical (unpaired) electrons. The van der Waals surface area contributed by atoms with Crippen LogP contribution in [0.2, 0.25) is 0 Å². The highest BCUT2D eigenvalue weighted by Crippen LogP contribution is 2.35. The van der Waals surface area contributed by atoms with Crippen molar-refractivity contribution in [2.45, 2.75) is 27.1 Å². The van der Waals surface area contributed by atoms with Gasteiger partial charge in [-0.25, -0.2) is 4.98 Å². The second-order valence-electron chi connectivity index (χ2n) is 7.81. The molecule has 4 rings (SSSR count). The molecule has 0 bridgehead atoms. The summed E-state index contributed by atoms with van der Waals surface area (Å²) in [6, 6.07) is 8.85. The Balaban J connectivity index is 1.64. The van der Waals surface area contributed by atoms with Gasteiger partial charge in [0.1, 0.15) is 52.2 Å². The van der Waals surface area contributed by atoms with Gasteiger partial charge < -0.3 is 19.9 Å². The molecule has 2 N–H and O–H groups in total. The number of benzene rings is 1. The van der Waals surface area contributed by atoms with Gasteiger partial charge in [0, 0.05) is 11.6 Å². The van der Waals surface area contributed by atoms with Gasteiger partial charge in [0.2, 0.25) is 0 Å². The van der Waals surface area contributed by atoms with Crippen LogP contribution in [0.4, 0.5) is 0 Å². The third-order valence-electron chi connectivity index (χ3n) is 5.08. The van der Waals surface area contributed by atoms with E-state index in [2.05, 4.69) is 9.97 Å². The Morgan fingerprint density at radius 3 is 2.51 bits per heavy atom. The number of amides is 1. The molecule has 0 saturated heterocycles. The molecule has 37 heavy (non-hydrogen) atoms. The Bertz CT molecular complexity index is 1530. The number of imidazole rings is 1. The Kier molecular flexibility index (Phi) is 7.95. The Hall–Kier alpha value is -3.68. The Morgan fingerprint density at radius 2 is 1.81 bits per heavy atom. The fraction of sp³-hybridized carbons (Fsp3) is 0.292. The van der Waals surface area contributed by atoms with Crippen molar-refractivity contribution in [1.82, 2.24) is 14.5 Å². The summed E-state index contributed by atoms with van der Waals surface area (Å²) in [5.74, 6) is 1.01. The molecule has 1 aromatic carbocycles. The lowest BCUT2D eigenvalue weighted by atomic mass is 10.2. The number of primary amides is 1. The average molecular weight is 547 g/mol. The molecule has 196 valence electrons. The zero-order valence-corrected chi connectivity index (χ0v) is 22.1. The van der Waals surface area contributed by atoms with Crippen molar-refractivity contribution >= 4 is 38.4 Å². The van der Waals surface area contributed by atoms with Crippen molar-refractivity contribution in [1.29, 1.82) is 0 Å². The maximum Gasteiger partial charge on any atom is 0.264 e. The van der Waals surface area contributed by atoms with Gasteiger partial charge in [-0.1, -0.05) is 0 Å². The molecule has 0 spiro atoms. The molecule has 0 saturated carbocycles. The monoisotopic (exact) mass is 546 g/mol. The zero-order valence-electron chi connectivity index (χ0n) is 20.5. The van der Waals surface area contributed by atoms with Gasteiger partial charge >= 0.3 is 0 Å². The second kappa shape index (κ2) is 11.2. The molecule has 0 unspecified atom stereocenters. The number of nitrogens with two attached hydrogens (primary N) is 1. The number of thiophene rings is 1. The minimum absolute atomic E-state index is 0.119. The van der Waals surface area contributed by atoms with Gasteiger partial charge in [-0.3, -0.25) is 18.5 Å². The number of fused-ring (bicyclic) bond motifs is 1. The van der Waals surface area contributed by atoms with Crippen molar-refractivity contribution in [2.75, 3.05) is 19.5 Å². The van der Waals surface area contributed by atoms with Crippen molar-refractivity contribution in [3.05, 3.63) is 59.0 Å². The maximum absolute atomic E-state index is 12.2. The summed E-state index contributed by atoms with van der Waals surface area (Å²) in [4.78, 5) is 21.0. The summed E-state index contributed by atoms with van der Waals surface area (Å²) in [5, 5.41) is 0.626. The summed E-state index contributed by atoms with van der Waals surface area (Å²) < 4.78 is 46.6. The number of ether oxygens (including phenoxy) is 3. The highest BCUT2D eigenvalue weighted by molar-refractivity contribution is 7.85. The van der Waals surface area contributed by atoms with Crippen LogP contribution in [0.15, 0.2) is 42.9 Å². The summed E-state index contributed by atoms with van der Waals surface area (Å²) >= 11 is 1.14. The van der Waals surface area contributed by atoms with Gasteiger partial charge in [0.05, 0.1) is 36.9 Å². The first-order chi connectivity index (χ1) is 17.7. The number of rotatable bonds is 12. The largest absolute Gasteiger partial charge is 0.494 e. The Morgan fingerprint density at radius 1 is 1.03 bits per heavy atom. The highest BCUT2D eigenvalue weighted by Gasteiger charge is 2.19. The van der Waals surface area contributed by atoms with E-state index in [0.717, 1.165) is 23.2 Å². The van der Waals surface area contributed by atoms with Gasteiger partial charge in [0.15, 0.2) is 0 Å². The number of hydrogen-bond acceptors (Lipinski definition) is 10. The summed E-state index contributed by atoms with van der Waals surface area (Å²) in [6.45, 7) is 4.69. The van der Waals surface area contributed by atoms with E-state index < -0.39 is 16.0 Å². The lowest BCUT2D eigenvalue weighted by Gasteiger charge is -2.13. The molecule has 3 aromatic heterocycles. The van der Waals surface area contributed by atoms with Crippen molar-refractivity contribution in [2.24, 2.45) is 5.73 Å². The van der Waals surface area contributed by atoms with Crippen LogP contribution in [0.5, 0.6) is 17.2 Å². The van der Waals surface area contributed by atoms with Crippen LogP contribution in [0.3, 0.4) is 0 Å². The van der Waals surface area contributed by atoms with Crippen LogP contribution in [0, 0.1) is 0 Å². The van der Waals surface area contributed by atoms with Gasteiger partial charge in [-0.2, -0.15) is 8.42 Å². The van der Waals surface area contributed by atoms with E-state index in [1.165, 1.54) is 6.20 Å². The van der Waals surface area contributed by atoms with E-state index >= 15 is 0 Å². The van der Waals surface area contributed by atoms with Crippen LogP contribution >= 0.6 is 11.3 Å². The highest BCUT2D eigenvalue weighted by atomic mass is 32.2. The van der Waals surface area contributed by atoms with Crippen LogP contribution in [-0.2, 0) is 27.5 Å². The molecule has 4 aromatic rings. The van der Waals surface area contributed by atoms with Gasteiger partial charge in [-0.05, 0) is 38.1 Å². The number of pyridine rings is 1. The van der Waals surface area contributed by atoms with E-state index in [9.17, 15) is 13.2 Å². The lowest BCUT2D eigenvalue weighted by molar-refractivity contribution is 0.1000. The molecule has 0 aliphatic carbocycles. The van der Waals surface area contributed by atoms with Crippen LogP contribution in [-0.4, -0.2) is 48.3 Å². The van der Waals surface area contributed by atoms with E-state index in [-0.39, 0.29) is 18.1 Å². The van der Waals surface area contributed by atoms with E-state index in [1.807, 2.05) is 32.0 Å². The average Bonchev–Trinajstić information content (AvgIpc) is 3.46. The molecule has 0 fully saturated rings. The van der Waals surface area contributed by atoms with Crippen LogP contribution < -0.4 is 19.9 Å². The first-order valence-corrected chi connectivity index (χ1v) is 13.9. The summed E-state index contributed by atoms with van der Waals surface area (Å²) in [5.41, 5.74) is 8.03. The van der Waals surface area contributed by atoms with E-state index in [4.69, 9.17) is 24.1 Å². The molecule has 11 nitrogen and oxygen atoms in total. The topological polar surface area (TPSA) is 145 Å². The minimum atomic E-state index is -3.62. The zero-order chi connectivity index (χ0) is 26.6. The van der Waals surface area contributed by atoms with E-state index in [0.29, 0.717) is 52.2 Å². The number of carbonyl (C=O) groups is 1. The summed E-state index contributed by atoms with van der Waals surface area (Å²) in [7, 11) is -3.62. The first kappa shape index (κ1) is 26.4. The standard InChI is InChI=1S/C24H26N4O7S2/c1-4-32-17-6-7-20(33-5-2)15(8-17)12-34-21-10-22(36-23(21)24(25)29)28-14-27-18-11-26-16(9-19(18)28)13-35-37(3,30)31/h6-11,14H,4-5,12-13H2,1-3H3,(H2,25,29). The molecular formula is C24H26N4O7S2. The molecular weight excluding hydrogens is 520 g/mol. The smallest absolute Gasteiger partial charge is 0.264 e. The molecule has 0 aliphatic heterocycles. The van der Waals surface area contributed by atoms with Crippen molar-refractivity contribution in [3.63, 3.8) is 0 Å². The van der Waals surface area contributed by atoms with Gasteiger partial charge in [0.25, 0.3) is 16.0 Å².